The van der Waals surface area contributed by atoms with Crippen molar-refractivity contribution in [1.82, 2.24) is 10.2 Å². The van der Waals surface area contributed by atoms with Gasteiger partial charge >= 0.3 is 17.9 Å². The highest BCUT2D eigenvalue weighted by atomic mass is 16.6. The lowest BCUT2D eigenvalue weighted by Crippen LogP contribution is -2.70. The minimum Gasteiger partial charge on any atom is -0.481 e. The summed E-state index contributed by atoms with van der Waals surface area (Å²) in [5, 5.41) is 14.1. The summed E-state index contributed by atoms with van der Waals surface area (Å²) in [5.74, 6) is -0.772. The number of esters is 2. The predicted octanol–water partition coefficient (Wildman–Crippen LogP) is 5.57. The molecule has 0 radical (unpaired) electrons. The molecule has 0 amide bonds. The van der Waals surface area contributed by atoms with Gasteiger partial charge < -0.3 is 29.5 Å². The first-order valence-electron chi connectivity index (χ1n) is 18.1. The molecule has 1 aliphatic heterocycles. The SMILES string of the molecule is CC(=O)O[C@@H]1C[C@@]23COC[C@](C)([C@@H]2CC[C@H]2C3=CC[C@@]3(C)[C@H](C(=O)O)[C@@](C)([C@H](C)C(C)C)CC[C@]23C)[C@H]1OC(=O)CNCCN(C)C. The van der Waals surface area contributed by atoms with Gasteiger partial charge in [0.2, 0.25) is 0 Å². The van der Waals surface area contributed by atoms with Gasteiger partial charge in [-0.2, -0.15) is 0 Å². The topological polar surface area (TPSA) is 114 Å². The molecular formula is C38H62N2O7. The molecule has 4 aliphatic carbocycles. The molecule has 4 fully saturated rings. The second-order valence-corrected chi connectivity index (χ2v) is 17.6. The second-order valence-electron chi connectivity index (χ2n) is 17.6. The maximum atomic E-state index is 13.3. The van der Waals surface area contributed by atoms with Crippen LogP contribution >= 0.6 is 0 Å². The van der Waals surface area contributed by atoms with Crippen molar-refractivity contribution in [2.75, 3.05) is 46.9 Å². The highest BCUT2D eigenvalue weighted by molar-refractivity contribution is 5.73. The van der Waals surface area contributed by atoms with E-state index in [0.717, 1.165) is 32.2 Å². The Bertz CT molecular complexity index is 1270. The third kappa shape index (κ3) is 5.68. The number of hydrogen-bond donors (Lipinski definition) is 2. The number of nitrogens with zero attached hydrogens (tertiary/aromatic N) is 1. The fourth-order valence-corrected chi connectivity index (χ4v) is 11.8. The van der Waals surface area contributed by atoms with Crippen molar-refractivity contribution in [3.8, 4) is 0 Å². The minimum atomic E-state index is -0.667. The maximum absolute atomic E-state index is 13.3. The van der Waals surface area contributed by atoms with Crippen LogP contribution in [0.3, 0.4) is 0 Å². The van der Waals surface area contributed by atoms with E-state index in [-0.39, 0.29) is 52.5 Å². The Morgan fingerprint density at radius 3 is 2.36 bits per heavy atom. The lowest BCUT2D eigenvalue weighted by Gasteiger charge is -2.71. The summed E-state index contributed by atoms with van der Waals surface area (Å²) < 4.78 is 18.8. The summed E-state index contributed by atoms with van der Waals surface area (Å²) in [6.45, 7) is 19.7. The maximum Gasteiger partial charge on any atom is 0.320 e. The summed E-state index contributed by atoms with van der Waals surface area (Å²) in [7, 11) is 3.98. The largest absolute Gasteiger partial charge is 0.481 e. The average molecular weight is 659 g/mol. The van der Waals surface area contributed by atoms with E-state index in [0.29, 0.717) is 38.5 Å². The molecule has 0 aromatic heterocycles. The van der Waals surface area contributed by atoms with Crippen LogP contribution in [0.5, 0.6) is 0 Å². The zero-order chi connectivity index (χ0) is 34.7. The van der Waals surface area contributed by atoms with Crippen molar-refractivity contribution in [3.05, 3.63) is 11.6 Å². The highest BCUT2D eigenvalue weighted by Gasteiger charge is 2.72. The van der Waals surface area contributed by atoms with Gasteiger partial charge in [0.25, 0.3) is 0 Å². The van der Waals surface area contributed by atoms with Crippen LogP contribution in [0.2, 0.25) is 0 Å². The normalized spacial score (nSPS) is 43.2. The van der Waals surface area contributed by atoms with Crippen molar-refractivity contribution >= 4 is 17.9 Å². The third-order valence-electron chi connectivity index (χ3n) is 14.7. The number of rotatable bonds is 10. The van der Waals surface area contributed by atoms with E-state index in [1.165, 1.54) is 12.5 Å². The van der Waals surface area contributed by atoms with Gasteiger partial charge in [-0.3, -0.25) is 14.4 Å². The van der Waals surface area contributed by atoms with Crippen molar-refractivity contribution in [1.29, 1.82) is 0 Å². The van der Waals surface area contributed by atoms with Crippen molar-refractivity contribution in [3.63, 3.8) is 0 Å². The molecule has 0 aromatic carbocycles. The molecule has 0 aromatic rings. The second kappa shape index (κ2) is 12.7. The zero-order valence-electron chi connectivity index (χ0n) is 30.7. The molecule has 2 bridgehead atoms. The Kier molecular flexibility index (Phi) is 9.83. The van der Waals surface area contributed by atoms with E-state index in [1.54, 1.807) is 0 Å². The van der Waals surface area contributed by atoms with Crippen molar-refractivity contribution in [2.24, 2.45) is 56.7 Å². The molecular weight excluding hydrogens is 596 g/mol. The van der Waals surface area contributed by atoms with Crippen LogP contribution in [-0.4, -0.2) is 87.1 Å². The molecule has 9 nitrogen and oxygen atoms in total. The van der Waals surface area contributed by atoms with E-state index in [9.17, 15) is 19.5 Å². The molecule has 47 heavy (non-hydrogen) atoms. The highest BCUT2D eigenvalue weighted by Crippen LogP contribution is 2.75. The lowest BCUT2D eigenvalue weighted by atomic mass is 9.34. The van der Waals surface area contributed by atoms with Gasteiger partial charge in [-0.1, -0.05) is 60.1 Å². The number of fused-ring (bicyclic) bond motifs is 3. The molecule has 266 valence electrons. The first-order chi connectivity index (χ1) is 21.9. The van der Waals surface area contributed by atoms with Gasteiger partial charge in [-0.15, -0.1) is 0 Å². The van der Waals surface area contributed by atoms with Crippen molar-refractivity contribution in [2.45, 2.75) is 106 Å². The fraction of sp³-hybridized carbons (Fsp3) is 0.868. The number of carboxylic acid groups (broad SMARTS) is 1. The van der Waals surface area contributed by atoms with E-state index in [2.05, 4.69) is 64.8 Å². The van der Waals surface area contributed by atoms with E-state index in [1.807, 2.05) is 14.1 Å². The van der Waals surface area contributed by atoms with Crippen LogP contribution in [0.4, 0.5) is 0 Å². The number of allylic oxidation sites excluding steroid dienone is 1. The van der Waals surface area contributed by atoms with Gasteiger partial charge in [0.1, 0.15) is 12.2 Å². The van der Waals surface area contributed by atoms with Gasteiger partial charge in [0.15, 0.2) is 0 Å². The monoisotopic (exact) mass is 658 g/mol. The van der Waals surface area contributed by atoms with E-state index < -0.39 is 34.9 Å². The molecule has 11 atom stereocenters. The number of carbonyl (C=O) groups is 3. The third-order valence-corrected chi connectivity index (χ3v) is 14.7. The summed E-state index contributed by atoms with van der Waals surface area (Å²) in [6.07, 6.45) is 6.21. The van der Waals surface area contributed by atoms with Crippen LogP contribution in [0.15, 0.2) is 11.6 Å². The first-order valence-corrected chi connectivity index (χ1v) is 18.1. The molecule has 5 rings (SSSR count). The number of carboxylic acids is 1. The zero-order valence-corrected chi connectivity index (χ0v) is 30.7. The number of nitrogens with one attached hydrogen (secondary N) is 1. The Morgan fingerprint density at radius 2 is 1.74 bits per heavy atom. The minimum absolute atomic E-state index is 0.0904. The molecule has 2 N–H and O–H groups in total. The Balaban J connectivity index is 1.51. The molecule has 9 heteroatoms. The summed E-state index contributed by atoms with van der Waals surface area (Å²) in [4.78, 5) is 41.1. The first kappa shape index (κ1) is 36.3. The number of carbonyl (C=O) groups excluding carboxylic acids is 2. The quantitative estimate of drug-likeness (QED) is 0.177. The Morgan fingerprint density at radius 1 is 1.04 bits per heavy atom. The molecule has 3 saturated carbocycles. The number of aliphatic carboxylic acids is 1. The van der Waals surface area contributed by atoms with Crippen LogP contribution in [0.1, 0.15) is 93.9 Å². The molecule has 1 saturated heterocycles. The Labute approximate surface area is 282 Å². The number of hydrogen-bond acceptors (Lipinski definition) is 8. The summed E-state index contributed by atoms with van der Waals surface area (Å²) in [6, 6.07) is 0. The van der Waals surface area contributed by atoms with Crippen LogP contribution < -0.4 is 5.32 Å². The number of ether oxygens (including phenoxy) is 3. The molecule has 0 unspecified atom stereocenters. The van der Waals surface area contributed by atoms with E-state index >= 15 is 0 Å². The molecule has 0 spiro atoms. The summed E-state index contributed by atoms with van der Waals surface area (Å²) in [5.41, 5.74) is -0.444. The summed E-state index contributed by atoms with van der Waals surface area (Å²) >= 11 is 0. The van der Waals surface area contributed by atoms with Crippen LogP contribution in [-0.2, 0) is 28.6 Å². The van der Waals surface area contributed by atoms with Gasteiger partial charge in [0, 0.05) is 30.8 Å². The predicted molar refractivity (Wildman–Crippen MR) is 180 cm³/mol. The smallest absolute Gasteiger partial charge is 0.320 e. The number of likely N-dealkylation sites (N-methyl/N-ethyl adjacent to an activating group) is 1. The van der Waals surface area contributed by atoms with Gasteiger partial charge in [-0.05, 0) is 92.5 Å². The Hall–Kier alpha value is -1.97. The van der Waals surface area contributed by atoms with Crippen molar-refractivity contribution < 1.29 is 33.7 Å². The van der Waals surface area contributed by atoms with Gasteiger partial charge in [0.05, 0.1) is 25.7 Å². The van der Waals surface area contributed by atoms with Crippen LogP contribution in [0, 0.1) is 56.7 Å². The standard InChI is InChI=1S/C38H62N2O7/c1-23(2)24(3)34(5)15-16-36(7)26-11-12-29-35(6)21-45-22-38(29,27(26)13-14-37(36,8)31(34)33(43)44)19-28(46-25(4)41)32(35)47-30(42)20-39-17-18-40(9)10/h13,23-24,26,28-29,31-32,39H,11-12,14-22H2,1-10H3,(H,43,44)/t24-,26+,28-,29+,31-,32+,34-,35-,36-,37+,38+/m1/s1. The van der Waals surface area contributed by atoms with E-state index in [4.69, 9.17) is 14.2 Å². The average Bonchev–Trinajstić information content (AvgIpc) is 2.97. The molecule has 1 heterocycles. The fourth-order valence-electron chi connectivity index (χ4n) is 11.8. The van der Waals surface area contributed by atoms with Crippen LogP contribution in [0.25, 0.3) is 0 Å². The lowest BCUT2D eigenvalue weighted by molar-refractivity contribution is -0.262. The van der Waals surface area contributed by atoms with Gasteiger partial charge in [-0.25, -0.2) is 0 Å². The molecule has 5 aliphatic rings.